The second-order valence-corrected chi connectivity index (χ2v) is 8.15. The Morgan fingerprint density at radius 1 is 1.24 bits per heavy atom. The zero-order valence-corrected chi connectivity index (χ0v) is 19.1. The third-order valence-electron chi connectivity index (χ3n) is 4.68. The fraction of sp³-hybridized carbons (Fsp3) is 0.300. The summed E-state index contributed by atoms with van der Waals surface area (Å²) in [5.74, 6) is 0.924. The van der Waals surface area contributed by atoms with Crippen molar-refractivity contribution in [1.82, 2.24) is 15.2 Å². The van der Waals surface area contributed by atoms with Gasteiger partial charge in [-0.2, -0.15) is 0 Å². The van der Waals surface area contributed by atoms with Gasteiger partial charge in [0.1, 0.15) is 10.8 Å². The Morgan fingerprint density at radius 3 is 2.83 bits per heavy atom. The monoisotopic (exact) mass is 471 g/mol. The predicted molar refractivity (Wildman–Crippen MR) is 124 cm³/mol. The van der Waals surface area contributed by atoms with Crippen molar-refractivity contribution in [2.24, 2.45) is 0 Å². The molecule has 1 fully saturated rings. The molecule has 29 heavy (non-hydrogen) atoms. The highest BCUT2D eigenvalue weighted by molar-refractivity contribution is 7.20. The molecular weight excluding hydrogens is 449 g/mol. The van der Waals surface area contributed by atoms with Gasteiger partial charge in [0.15, 0.2) is 0 Å². The van der Waals surface area contributed by atoms with Gasteiger partial charge in [0.05, 0.1) is 30.1 Å². The third-order valence-corrected chi connectivity index (χ3v) is 6.61. The zero-order chi connectivity index (χ0) is 18.6. The van der Waals surface area contributed by atoms with Crippen LogP contribution in [-0.2, 0) is 11.2 Å². The van der Waals surface area contributed by atoms with E-state index < -0.39 is 0 Å². The van der Waals surface area contributed by atoms with Crippen molar-refractivity contribution in [2.45, 2.75) is 12.5 Å². The van der Waals surface area contributed by atoms with E-state index in [2.05, 4.69) is 16.4 Å². The number of hydrogen-bond acceptors (Lipinski definition) is 6. The van der Waals surface area contributed by atoms with Crippen LogP contribution in [0.1, 0.15) is 17.3 Å². The second-order valence-electron chi connectivity index (χ2n) is 6.35. The SMILES string of the molecule is COc1ccccc1C1CNCCN1C(=O)Cc1csc(-c2cccs2)n1.Cl.Cl. The van der Waals surface area contributed by atoms with Gasteiger partial charge in [0.2, 0.25) is 5.91 Å². The number of thiazole rings is 1. The lowest BCUT2D eigenvalue weighted by Gasteiger charge is -2.37. The third kappa shape index (κ3) is 5.29. The van der Waals surface area contributed by atoms with Gasteiger partial charge in [-0.15, -0.1) is 47.5 Å². The summed E-state index contributed by atoms with van der Waals surface area (Å²) in [7, 11) is 1.67. The molecule has 4 rings (SSSR count). The minimum Gasteiger partial charge on any atom is -0.496 e. The zero-order valence-electron chi connectivity index (χ0n) is 15.9. The van der Waals surface area contributed by atoms with Crippen molar-refractivity contribution in [3.8, 4) is 15.6 Å². The van der Waals surface area contributed by atoms with Crippen LogP contribution in [0.5, 0.6) is 5.75 Å². The number of carbonyl (C=O) groups excluding carboxylic acids is 1. The molecule has 1 aliphatic heterocycles. The summed E-state index contributed by atoms with van der Waals surface area (Å²) in [5, 5.41) is 8.41. The number of aromatic nitrogens is 1. The molecule has 3 heterocycles. The molecule has 5 nitrogen and oxygen atoms in total. The number of methoxy groups -OCH3 is 1. The number of amides is 1. The molecule has 156 valence electrons. The van der Waals surface area contributed by atoms with Crippen molar-refractivity contribution >= 4 is 53.4 Å². The van der Waals surface area contributed by atoms with Gasteiger partial charge in [0.25, 0.3) is 0 Å². The summed E-state index contributed by atoms with van der Waals surface area (Å²) in [4.78, 5) is 20.8. The van der Waals surface area contributed by atoms with Gasteiger partial charge in [-0.3, -0.25) is 4.79 Å². The highest BCUT2D eigenvalue weighted by Crippen LogP contribution is 2.31. The predicted octanol–water partition coefficient (Wildman–Crippen LogP) is 4.44. The van der Waals surface area contributed by atoms with Crippen LogP contribution in [0.2, 0.25) is 0 Å². The smallest absolute Gasteiger partial charge is 0.229 e. The molecule has 0 aliphatic carbocycles. The standard InChI is InChI=1S/C20H21N3O2S2.2ClH/c1-25-17-6-3-2-5-15(17)16-12-21-8-9-23(16)19(24)11-14-13-27-20(22-14)18-7-4-10-26-18;;/h2-7,10,13,16,21H,8-9,11-12H2,1H3;2*1H. The Labute approximate surface area is 190 Å². The molecule has 1 saturated heterocycles. The Balaban J connectivity index is 0.00000150. The molecule has 1 aliphatic rings. The Kier molecular flexibility index (Phi) is 8.92. The van der Waals surface area contributed by atoms with Crippen LogP contribution >= 0.6 is 47.5 Å². The lowest BCUT2D eigenvalue weighted by molar-refractivity contribution is -0.133. The first-order valence-electron chi connectivity index (χ1n) is 8.87. The Hall–Kier alpha value is -1.64. The number of halogens is 2. The molecule has 1 N–H and O–H groups in total. The Bertz CT molecular complexity index is 918. The molecule has 0 radical (unpaired) electrons. The van der Waals surface area contributed by atoms with Crippen molar-refractivity contribution in [3.05, 3.63) is 58.4 Å². The summed E-state index contributed by atoms with van der Waals surface area (Å²) in [6.45, 7) is 2.21. The molecular formula is C20H23Cl2N3O2S2. The number of piperazine rings is 1. The topological polar surface area (TPSA) is 54.5 Å². The Morgan fingerprint density at radius 2 is 2.07 bits per heavy atom. The van der Waals surface area contributed by atoms with Crippen LogP contribution in [0.3, 0.4) is 0 Å². The number of hydrogen-bond donors (Lipinski definition) is 1. The summed E-state index contributed by atoms with van der Waals surface area (Å²) in [6.07, 6.45) is 0.327. The first-order valence-corrected chi connectivity index (χ1v) is 10.6. The van der Waals surface area contributed by atoms with Gasteiger partial charge >= 0.3 is 0 Å². The summed E-state index contributed by atoms with van der Waals surface area (Å²) >= 11 is 3.26. The van der Waals surface area contributed by atoms with E-state index in [1.165, 1.54) is 0 Å². The molecule has 1 atom stereocenters. The van der Waals surface area contributed by atoms with Gasteiger partial charge < -0.3 is 15.0 Å². The fourth-order valence-corrected chi connectivity index (χ4v) is 5.01. The molecule has 0 bridgehead atoms. The van der Waals surface area contributed by atoms with Crippen LogP contribution in [0.25, 0.3) is 9.88 Å². The molecule has 0 saturated carbocycles. The number of rotatable bonds is 5. The van der Waals surface area contributed by atoms with Crippen LogP contribution in [0.4, 0.5) is 0 Å². The van der Waals surface area contributed by atoms with E-state index in [-0.39, 0.29) is 36.8 Å². The maximum Gasteiger partial charge on any atom is 0.229 e. The van der Waals surface area contributed by atoms with Gasteiger partial charge in [0, 0.05) is 30.6 Å². The van der Waals surface area contributed by atoms with Crippen molar-refractivity contribution in [3.63, 3.8) is 0 Å². The van der Waals surface area contributed by atoms with Gasteiger partial charge in [-0.05, 0) is 17.5 Å². The molecule has 1 amide bonds. The molecule has 9 heteroatoms. The molecule has 1 unspecified atom stereocenters. The summed E-state index contributed by atoms with van der Waals surface area (Å²) < 4.78 is 5.51. The van der Waals surface area contributed by atoms with E-state index in [1.54, 1.807) is 29.8 Å². The van der Waals surface area contributed by atoms with Crippen LogP contribution in [0, 0.1) is 0 Å². The maximum absolute atomic E-state index is 13.1. The fourth-order valence-electron chi connectivity index (χ4n) is 3.38. The number of nitrogens with zero attached hydrogens (tertiary/aromatic N) is 2. The molecule has 2 aromatic heterocycles. The van der Waals surface area contributed by atoms with Crippen LogP contribution in [0.15, 0.2) is 47.2 Å². The van der Waals surface area contributed by atoms with Crippen LogP contribution < -0.4 is 10.1 Å². The van der Waals surface area contributed by atoms with Crippen molar-refractivity contribution in [1.29, 1.82) is 0 Å². The van der Waals surface area contributed by atoms with E-state index >= 15 is 0 Å². The van der Waals surface area contributed by atoms with Crippen LogP contribution in [-0.4, -0.2) is 42.5 Å². The maximum atomic E-state index is 13.1. The lowest BCUT2D eigenvalue weighted by Crippen LogP contribution is -2.49. The molecule has 0 spiro atoms. The number of thiophene rings is 1. The highest BCUT2D eigenvalue weighted by Gasteiger charge is 2.30. The van der Waals surface area contributed by atoms with E-state index in [9.17, 15) is 4.79 Å². The van der Waals surface area contributed by atoms with E-state index in [1.807, 2.05) is 46.0 Å². The van der Waals surface area contributed by atoms with Crippen molar-refractivity contribution in [2.75, 3.05) is 26.7 Å². The first-order chi connectivity index (χ1) is 13.3. The number of carbonyl (C=O) groups is 1. The quantitative estimate of drug-likeness (QED) is 0.597. The van der Waals surface area contributed by atoms with Crippen molar-refractivity contribution < 1.29 is 9.53 Å². The number of nitrogens with one attached hydrogen (secondary N) is 1. The van der Waals surface area contributed by atoms with E-state index in [4.69, 9.17) is 4.74 Å². The molecule has 1 aromatic carbocycles. The average molecular weight is 472 g/mol. The van der Waals surface area contributed by atoms with Gasteiger partial charge in [-0.25, -0.2) is 4.98 Å². The number of benzene rings is 1. The summed E-state index contributed by atoms with van der Waals surface area (Å²) in [5.41, 5.74) is 1.88. The minimum atomic E-state index is -0.0298. The lowest BCUT2D eigenvalue weighted by atomic mass is 10.0. The molecule has 3 aromatic rings. The number of para-hydroxylation sites is 1. The summed E-state index contributed by atoms with van der Waals surface area (Å²) in [6, 6.07) is 12.0. The number of ether oxygens (including phenoxy) is 1. The van der Waals surface area contributed by atoms with E-state index in [0.29, 0.717) is 13.0 Å². The average Bonchev–Trinajstić information content (AvgIpc) is 3.39. The highest BCUT2D eigenvalue weighted by atomic mass is 35.5. The first kappa shape index (κ1) is 23.6. The van der Waals surface area contributed by atoms with E-state index in [0.717, 1.165) is 40.0 Å². The normalized spacial score (nSPS) is 15.9. The van der Waals surface area contributed by atoms with Gasteiger partial charge in [-0.1, -0.05) is 24.3 Å². The largest absolute Gasteiger partial charge is 0.496 e. The second kappa shape index (κ2) is 10.9. The minimum absolute atomic E-state index is 0.